The number of carbonyl (C=O) groups excluding carboxylic acids is 1. The molecule has 0 saturated carbocycles. The van der Waals surface area contributed by atoms with Gasteiger partial charge in [-0.05, 0) is 35.4 Å². The van der Waals surface area contributed by atoms with Crippen LogP contribution in [0.25, 0.3) is 10.8 Å². The van der Waals surface area contributed by atoms with Gasteiger partial charge in [-0.3, -0.25) is 4.79 Å². The molecule has 0 unspecified atom stereocenters. The van der Waals surface area contributed by atoms with Crippen LogP contribution in [0.5, 0.6) is 11.5 Å². The van der Waals surface area contributed by atoms with Crippen molar-refractivity contribution in [1.82, 2.24) is 5.43 Å². The number of hydrogen-bond acceptors (Lipinski definition) is 4. The van der Waals surface area contributed by atoms with E-state index in [0.717, 1.165) is 16.3 Å². The number of phenolic OH excluding ortho intramolecular Hbond substituents is 1. The zero-order valence-corrected chi connectivity index (χ0v) is 14.5. The molecule has 3 aromatic rings. The molecule has 26 heavy (non-hydrogen) atoms. The Morgan fingerprint density at radius 1 is 1.15 bits per heavy atom. The summed E-state index contributed by atoms with van der Waals surface area (Å²) in [7, 11) is 0. The van der Waals surface area contributed by atoms with Gasteiger partial charge in [0.2, 0.25) is 5.91 Å². The molecule has 0 atom stereocenters. The van der Waals surface area contributed by atoms with Crippen LogP contribution in [0, 0.1) is 0 Å². The van der Waals surface area contributed by atoms with Crippen molar-refractivity contribution >= 4 is 22.9 Å². The van der Waals surface area contributed by atoms with Crippen LogP contribution in [0.1, 0.15) is 18.1 Å². The summed E-state index contributed by atoms with van der Waals surface area (Å²) in [5.41, 5.74) is 3.94. The number of hydrazone groups is 1. The summed E-state index contributed by atoms with van der Waals surface area (Å²) in [5, 5.41) is 16.0. The van der Waals surface area contributed by atoms with Crippen LogP contribution in [-0.2, 0) is 11.2 Å². The number of aromatic hydroxyl groups is 1. The van der Waals surface area contributed by atoms with Gasteiger partial charge in [-0.1, -0.05) is 42.5 Å². The number of ether oxygens (including phenoxy) is 1. The van der Waals surface area contributed by atoms with Crippen LogP contribution < -0.4 is 10.2 Å². The number of fused-ring (bicyclic) bond motifs is 1. The van der Waals surface area contributed by atoms with E-state index < -0.39 is 0 Å². The molecule has 3 rings (SSSR count). The predicted molar refractivity (Wildman–Crippen MR) is 103 cm³/mol. The summed E-state index contributed by atoms with van der Waals surface area (Å²) in [5.74, 6) is 0.410. The summed E-state index contributed by atoms with van der Waals surface area (Å²) >= 11 is 0. The zero-order valence-electron chi connectivity index (χ0n) is 14.5. The lowest BCUT2D eigenvalue weighted by atomic mass is 10.0. The maximum Gasteiger partial charge on any atom is 0.244 e. The first-order chi connectivity index (χ1) is 12.7. The first kappa shape index (κ1) is 17.5. The minimum atomic E-state index is -0.219. The van der Waals surface area contributed by atoms with Crippen molar-refractivity contribution in [3.05, 3.63) is 71.8 Å². The molecule has 1 amide bonds. The van der Waals surface area contributed by atoms with Gasteiger partial charge in [-0.25, -0.2) is 5.43 Å². The number of rotatable bonds is 6. The lowest BCUT2D eigenvalue weighted by Crippen LogP contribution is -2.19. The highest BCUT2D eigenvalue weighted by Crippen LogP contribution is 2.22. The molecular formula is C21H20N2O3. The molecule has 0 aliphatic rings. The maximum absolute atomic E-state index is 12.2. The number of nitrogens with one attached hydrogen (secondary N) is 1. The molecule has 3 aromatic carbocycles. The Morgan fingerprint density at radius 3 is 2.77 bits per heavy atom. The van der Waals surface area contributed by atoms with E-state index in [1.165, 1.54) is 12.3 Å². The Bertz CT molecular complexity index is 946. The van der Waals surface area contributed by atoms with Crippen molar-refractivity contribution in [3.8, 4) is 11.5 Å². The molecule has 0 aliphatic heterocycles. The van der Waals surface area contributed by atoms with Crippen molar-refractivity contribution in [3.63, 3.8) is 0 Å². The van der Waals surface area contributed by atoms with Crippen molar-refractivity contribution in [2.24, 2.45) is 5.10 Å². The molecule has 5 heteroatoms. The Morgan fingerprint density at radius 2 is 1.96 bits per heavy atom. The van der Waals surface area contributed by atoms with Crippen molar-refractivity contribution in [2.75, 3.05) is 6.61 Å². The van der Waals surface area contributed by atoms with Gasteiger partial charge in [-0.15, -0.1) is 0 Å². The van der Waals surface area contributed by atoms with Gasteiger partial charge in [0.15, 0.2) is 0 Å². The third-order valence-corrected chi connectivity index (χ3v) is 3.94. The Hall–Kier alpha value is -3.34. The van der Waals surface area contributed by atoms with E-state index in [1.54, 1.807) is 12.1 Å². The molecule has 132 valence electrons. The second-order valence-electron chi connectivity index (χ2n) is 5.76. The minimum Gasteiger partial charge on any atom is -0.507 e. The molecule has 0 spiro atoms. The lowest BCUT2D eigenvalue weighted by molar-refractivity contribution is -0.120. The van der Waals surface area contributed by atoms with Crippen LogP contribution in [0.4, 0.5) is 0 Å². The summed E-state index contributed by atoms with van der Waals surface area (Å²) in [4.78, 5) is 12.2. The SMILES string of the molecule is CCOc1ccc(C=NNC(=O)Cc2cccc3ccccc23)c(O)c1. The molecule has 0 saturated heterocycles. The van der Waals surface area contributed by atoms with E-state index in [4.69, 9.17) is 4.74 Å². The fourth-order valence-corrected chi connectivity index (χ4v) is 2.72. The Balaban J connectivity index is 1.64. The van der Waals surface area contributed by atoms with Gasteiger partial charge in [0, 0.05) is 11.6 Å². The highest BCUT2D eigenvalue weighted by Gasteiger charge is 2.06. The first-order valence-corrected chi connectivity index (χ1v) is 8.41. The highest BCUT2D eigenvalue weighted by atomic mass is 16.5. The normalized spacial score (nSPS) is 11.0. The number of hydrogen-bond donors (Lipinski definition) is 2. The van der Waals surface area contributed by atoms with E-state index >= 15 is 0 Å². The third-order valence-electron chi connectivity index (χ3n) is 3.94. The second-order valence-corrected chi connectivity index (χ2v) is 5.76. The monoisotopic (exact) mass is 348 g/mol. The van der Waals surface area contributed by atoms with E-state index in [0.29, 0.717) is 17.9 Å². The average molecular weight is 348 g/mol. The molecule has 2 N–H and O–H groups in total. The fraction of sp³-hybridized carbons (Fsp3) is 0.143. The van der Waals surface area contributed by atoms with Gasteiger partial charge in [0.25, 0.3) is 0 Å². The van der Waals surface area contributed by atoms with Gasteiger partial charge in [0.05, 0.1) is 19.2 Å². The molecule has 0 heterocycles. The fourth-order valence-electron chi connectivity index (χ4n) is 2.72. The number of nitrogens with zero attached hydrogens (tertiary/aromatic N) is 1. The zero-order chi connectivity index (χ0) is 18.4. The number of amides is 1. The quantitative estimate of drug-likeness (QED) is 0.528. The maximum atomic E-state index is 12.2. The highest BCUT2D eigenvalue weighted by molar-refractivity contribution is 5.91. The largest absolute Gasteiger partial charge is 0.507 e. The number of phenols is 1. The van der Waals surface area contributed by atoms with Gasteiger partial charge in [-0.2, -0.15) is 5.10 Å². The van der Waals surface area contributed by atoms with Gasteiger partial charge in [0.1, 0.15) is 11.5 Å². The summed E-state index contributed by atoms with van der Waals surface area (Å²) in [6, 6.07) is 18.8. The lowest BCUT2D eigenvalue weighted by Gasteiger charge is -2.06. The molecule has 0 aliphatic carbocycles. The standard InChI is InChI=1S/C21H20N2O3/c1-2-26-18-11-10-17(20(24)13-18)14-22-23-21(25)12-16-8-5-7-15-6-3-4-9-19(15)16/h3-11,13-14,24H,2,12H2,1H3,(H,23,25). The number of benzene rings is 3. The molecule has 0 fully saturated rings. The van der Waals surface area contributed by atoms with Crippen LogP contribution in [0.3, 0.4) is 0 Å². The van der Waals surface area contributed by atoms with Crippen LogP contribution in [-0.4, -0.2) is 23.8 Å². The smallest absolute Gasteiger partial charge is 0.244 e. The molecule has 0 aromatic heterocycles. The van der Waals surface area contributed by atoms with Crippen LogP contribution in [0.2, 0.25) is 0 Å². The number of carbonyl (C=O) groups is 1. The Labute approximate surface area is 151 Å². The Kier molecular flexibility index (Phi) is 5.49. The summed E-state index contributed by atoms with van der Waals surface area (Å²) in [6.45, 7) is 2.40. The minimum absolute atomic E-state index is 0.0444. The average Bonchev–Trinajstić information content (AvgIpc) is 2.64. The van der Waals surface area contributed by atoms with E-state index in [9.17, 15) is 9.90 Å². The predicted octanol–water partition coefficient (Wildman–Crippen LogP) is 3.64. The van der Waals surface area contributed by atoms with Gasteiger partial charge < -0.3 is 9.84 Å². The molecule has 0 bridgehead atoms. The van der Waals surface area contributed by atoms with Crippen molar-refractivity contribution in [1.29, 1.82) is 0 Å². The third kappa shape index (κ3) is 4.19. The van der Waals surface area contributed by atoms with Crippen LogP contribution >= 0.6 is 0 Å². The van der Waals surface area contributed by atoms with E-state index in [2.05, 4.69) is 10.5 Å². The van der Waals surface area contributed by atoms with Crippen molar-refractivity contribution < 1.29 is 14.6 Å². The topological polar surface area (TPSA) is 70.9 Å². The van der Waals surface area contributed by atoms with E-state index in [1.807, 2.05) is 49.4 Å². The molecule has 5 nitrogen and oxygen atoms in total. The second kappa shape index (κ2) is 8.16. The van der Waals surface area contributed by atoms with Crippen LogP contribution in [0.15, 0.2) is 65.8 Å². The van der Waals surface area contributed by atoms with Gasteiger partial charge >= 0.3 is 0 Å². The summed E-state index contributed by atoms with van der Waals surface area (Å²) in [6.07, 6.45) is 1.64. The van der Waals surface area contributed by atoms with Crippen molar-refractivity contribution in [2.45, 2.75) is 13.3 Å². The summed E-state index contributed by atoms with van der Waals surface area (Å²) < 4.78 is 5.31. The van der Waals surface area contributed by atoms with E-state index in [-0.39, 0.29) is 18.1 Å². The molecular weight excluding hydrogens is 328 g/mol. The molecule has 0 radical (unpaired) electrons. The first-order valence-electron chi connectivity index (χ1n) is 8.41.